The third kappa shape index (κ3) is 4.47. The Kier molecular flexibility index (Phi) is 7.05. The first-order valence-corrected chi connectivity index (χ1v) is 19.9. The van der Waals surface area contributed by atoms with Gasteiger partial charge in [-0.25, -0.2) is 0 Å². The second-order valence-corrected chi connectivity index (χ2v) is 16.6. The number of hydrogen-bond acceptors (Lipinski definition) is 0. The van der Waals surface area contributed by atoms with Gasteiger partial charge in [-0.15, -0.1) is 0 Å². The summed E-state index contributed by atoms with van der Waals surface area (Å²) in [6.45, 7) is 9.22. The van der Waals surface area contributed by atoms with E-state index in [1.54, 1.807) is 0 Å². The Morgan fingerprint density at radius 3 is 1.30 bits per heavy atom. The second-order valence-electron chi connectivity index (χ2n) is 16.6. The third-order valence-electron chi connectivity index (χ3n) is 13.0. The van der Waals surface area contributed by atoms with E-state index in [0.29, 0.717) is 0 Å². The maximum absolute atomic E-state index is 2.53. The minimum atomic E-state index is -0.461. The summed E-state index contributed by atoms with van der Waals surface area (Å²) in [5.41, 5.74) is 20.5. The van der Waals surface area contributed by atoms with E-state index in [9.17, 15) is 0 Å². The minimum Gasteiger partial charge on any atom is -0.0622 e. The van der Waals surface area contributed by atoms with Crippen molar-refractivity contribution in [2.45, 2.75) is 38.5 Å². The molecule has 11 rings (SSSR count). The topological polar surface area (TPSA) is 0 Å². The Balaban J connectivity index is 1.22. The lowest BCUT2D eigenvalue weighted by Gasteiger charge is -2.34. The Hall–Kier alpha value is -6.50. The maximum atomic E-state index is 2.53. The first-order chi connectivity index (χ1) is 27.4. The lowest BCUT2D eigenvalue weighted by atomic mass is 9.67. The van der Waals surface area contributed by atoms with E-state index in [-0.39, 0.29) is 5.41 Å². The summed E-state index contributed by atoms with van der Waals surface area (Å²) in [6.07, 6.45) is 0. The number of fused-ring (bicyclic) bond motifs is 8. The van der Waals surface area contributed by atoms with Gasteiger partial charge < -0.3 is 0 Å². The van der Waals surface area contributed by atoms with Crippen molar-refractivity contribution < 1.29 is 0 Å². The van der Waals surface area contributed by atoms with Crippen molar-refractivity contribution in [1.29, 1.82) is 0 Å². The molecule has 0 spiro atoms. The van der Waals surface area contributed by atoms with Gasteiger partial charge in [0, 0.05) is 5.41 Å². The number of benzene rings is 9. The van der Waals surface area contributed by atoms with Gasteiger partial charge in [0.05, 0.1) is 5.41 Å². The van der Waals surface area contributed by atoms with Crippen LogP contribution in [0.2, 0.25) is 0 Å². The zero-order valence-corrected chi connectivity index (χ0v) is 32.3. The van der Waals surface area contributed by atoms with Crippen LogP contribution in [0.25, 0.3) is 66.1 Å². The molecule has 0 nitrogen and oxygen atoms in total. The number of aryl methyl sites for hydroxylation is 2. The molecule has 9 aromatic carbocycles. The number of rotatable bonds is 4. The van der Waals surface area contributed by atoms with E-state index in [4.69, 9.17) is 0 Å². The van der Waals surface area contributed by atoms with Crippen molar-refractivity contribution in [1.82, 2.24) is 0 Å². The molecule has 0 aliphatic heterocycles. The summed E-state index contributed by atoms with van der Waals surface area (Å²) >= 11 is 0. The number of hydrogen-bond donors (Lipinski definition) is 0. The van der Waals surface area contributed by atoms with E-state index in [0.717, 1.165) is 0 Å². The minimum absolute atomic E-state index is 0.0774. The van der Waals surface area contributed by atoms with Crippen molar-refractivity contribution in [3.8, 4) is 44.5 Å². The summed E-state index contributed by atoms with van der Waals surface area (Å²) in [7, 11) is 0. The quantitative estimate of drug-likeness (QED) is 0.159. The monoisotopic (exact) mass is 714 g/mol. The summed E-state index contributed by atoms with van der Waals surface area (Å²) in [6, 6.07) is 69.0. The van der Waals surface area contributed by atoms with Crippen molar-refractivity contribution in [3.63, 3.8) is 0 Å². The van der Waals surface area contributed by atoms with Gasteiger partial charge in [0.1, 0.15) is 0 Å². The van der Waals surface area contributed by atoms with Crippen LogP contribution in [0, 0.1) is 13.8 Å². The average molecular weight is 715 g/mol. The molecule has 0 heteroatoms. The predicted octanol–water partition coefficient (Wildman–Crippen LogP) is 14.6. The molecule has 2 aliphatic rings. The molecule has 9 aromatic rings. The summed E-state index contributed by atoms with van der Waals surface area (Å²) in [5, 5.41) is 5.16. The highest BCUT2D eigenvalue weighted by Gasteiger charge is 2.46. The van der Waals surface area contributed by atoms with Crippen molar-refractivity contribution in [2.75, 3.05) is 0 Å². The average Bonchev–Trinajstić information content (AvgIpc) is 3.65. The molecule has 266 valence electrons. The maximum Gasteiger partial charge on any atom is 0.0713 e. The summed E-state index contributed by atoms with van der Waals surface area (Å²) < 4.78 is 0. The molecule has 0 unspecified atom stereocenters. The van der Waals surface area contributed by atoms with Gasteiger partial charge in [-0.3, -0.25) is 0 Å². The van der Waals surface area contributed by atoms with Gasteiger partial charge in [-0.05, 0) is 125 Å². The molecule has 0 bridgehead atoms. The Labute approximate surface area is 329 Å². The van der Waals surface area contributed by atoms with Crippen LogP contribution >= 0.6 is 0 Å². The van der Waals surface area contributed by atoms with Gasteiger partial charge in [0.2, 0.25) is 0 Å². The summed E-state index contributed by atoms with van der Waals surface area (Å²) in [4.78, 5) is 0. The molecule has 0 heterocycles. The molecule has 0 N–H and O–H groups in total. The zero-order valence-electron chi connectivity index (χ0n) is 32.3. The van der Waals surface area contributed by atoms with Crippen LogP contribution in [-0.2, 0) is 10.8 Å². The molecular weight excluding hydrogens is 673 g/mol. The zero-order chi connectivity index (χ0) is 37.8. The predicted molar refractivity (Wildman–Crippen MR) is 237 cm³/mol. The van der Waals surface area contributed by atoms with Gasteiger partial charge >= 0.3 is 0 Å². The largest absolute Gasteiger partial charge is 0.0713 e. The molecule has 0 saturated carbocycles. The molecule has 2 aliphatic carbocycles. The van der Waals surface area contributed by atoms with Crippen molar-refractivity contribution in [2.24, 2.45) is 0 Å². The van der Waals surface area contributed by atoms with Crippen LogP contribution in [0.1, 0.15) is 58.4 Å². The van der Waals surface area contributed by atoms with Gasteiger partial charge in [-0.1, -0.05) is 195 Å². The van der Waals surface area contributed by atoms with Crippen molar-refractivity contribution in [3.05, 3.63) is 226 Å². The highest BCUT2D eigenvalue weighted by atomic mass is 14.5. The van der Waals surface area contributed by atoms with E-state index < -0.39 is 5.41 Å². The Morgan fingerprint density at radius 2 is 0.750 bits per heavy atom. The SMILES string of the molecule is Cc1ccc2c(-c3ccc4c(c3)C(c3ccccc3)(c3ccccc3)c3ccccc3-4)c3cc(C)ccc3c(-c3ccc4c(c3)C(C)(C)c3ccccc3-4)c2c1. The van der Waals surface area contributed by atoms with Crippen molar-refractivity contribution >= 4 is 21.5 Å². The second kappa shape index (κ2) is 12.0. The molecule has 0 fully saturated rings. The molecular formula is C56H42. The molecule has 0 radical (unpaired) electrons. The first-order valence-electron chi connectivity index (χ1n) is 19.9. The lowest BCUT2D eigenvalue weighted by Crippen LogP contribution is -2.28. The van der Waals surface area contributed by atoms with E-state index in [2.05, 4.69) is 210 Å². The van der Waals surface area contributed by atoms with Crippen LogP contribution in [0.4, 0.5) is 0 Å². The van der Waals surface area contributed by atoms with Gasteiger partial charge in [0.25, 0.3) is 0 Å². The van der Waals surface area contributed by atoms with E-state index >= 15 is 0 Å². The van der Waals surface area contributed by atoms with Crippen LogP contribution in [0.3, 0.4) is 0 Å². The van der Waals surface area contributed by atoms with Crippen LogP contribution in [-0.4, -0.2) is 0 Å². The van der Waals surface area contributed by atoms with E-state index in [1.807, 2.05) is 0 Å². The lowest BCUT2D eigenvalue weighted by molar-refractivity contribution is 0.660. The summed E-state index contributed by atoms with van der Waals surface area (Å²) in [5.74, 6) is 0. The fourth-order valence-corrected chi connectivity index (χ4v) is 10.5. The molecule has 0 atom stereocenters. The fourth-order valence-electron chi connectivity index (χ4n) is 10.5. The Morgan fingerprint density at radius 1 is 0.321 bits per heavy atom. The first kappa shape index (κ1) is 32.9. The van der Waals surface area contributed by atoms with Gasteiger partial charge in [0.15, 0.2) is 0 Å². The fraction of sp³-hybridized carbons (Fsp3) is 0.107. The van der Waals surface area contributed by atoms with Crippen LogP contribution in [0.15, 0.2) is 182 Å². The smallest absolute Gasteiger partial charge is 0.0622 e. The molecule has 0 aromatic heterocycles. The van der Waals surface area contributed by atoms with Crippen LogP contribution in [0.5, 0.6) is 0 Å². The van der Waals surface area contributed by atoms with E-state index in [1.165, 1.54) is 111 Å². The highest BCUT2D eigenvalue weighted by Crippen LogP contribution is 2.58. The third-order valence-corrected chi connectivity index (χ3v) is 13.0. The molecule has 0 saturated heterocycles. The van der Waals surface area contributed by atoms with Gasteiger partial charge in [-0.2, -0.15) is 0 Å². The standard InChI is InChI=1S/C56H42/c1-35-24-28-46-47(31-35)53(37-25-29-43-41-19-11-13-21-49(41)55(3,4)51(43)33-37)45-27-23-36(2)32-48(45)54(46)38-26-30-44-42-20-12-14-22-50(42)56(52(44)34-38,39-15-7-5-8-16-39)40-17-9-6-10-18-40/h5-34H,1-4H3. The Bertz CT molecular complexity index is 3010. The highest BCUT2D eigenvalue weighted by molar-refractivity contribution is 6.22. The van der Waals surface area contributed by atoms with Crippen LogP contribution < -0.4 is 0 Å². The molecule has 0 amide bonds. The normalized spacial score (nSPS) is 14.4. The molecule has 56 heavy (non-hydrogen) atoms.